The van der Waals surface area contributed by atoms with E-state index in [9.17, 15) is 4.79 Å². The number of para-hydroxylation sites is 1. The fraction of sp³-hybridized carbons (Fsp3) is 0.440. The number of anilines is 1. The van der Waals surface area contributed by atoms with E-state index in [2.05, 4.69) is 40.3 Å². The summed E-state index contributed by atoms with van der Waals surface area (Å²) < 4.78 is 6.90. The number of hydrogen-bond acceptors (Lipinski definition) is 5. The number of thiazole rings is 1. The molecule has 4 rings (SSSR count). The molecule has 0 unspecified atom stereocenters. The van der Waals surface area contributed by atoms with Crippen molar-refractivity contribution < 1.29 is 9.53 Å². The molecule has 1 saturated heterocycles. The van der Waals surface area contributed by atoms with Gasteiger partial charge < -0.3 is 10.1 Å². The maximum atomic E-state index is 12.3. The molecule has 0 saturated carbocycles. The van der Waals surface area contributed by atoms with Gasteiger partial charge in [0.05, 0.1) is 16.8 Å². The van der Waals surface area contributed by atoms with Crippen LogP contribution in [-0.2, 0) is 11.3 Å². The number of piperidine rings is 1. The van der Waals surface area contributed by atoms with Gasteiger partial charge in [0.2, 0.25) is 5.91 Å². The van der Waals surface area contributed by atoms with Crippen LogP contribution >= 0.6 is 11.3 Å². The van der Waals surface area contributed by atoms with Crippen molar-refractivity contribution >= 4 is 32.6 Å². The maximum absolute atomic E-state index is 12.3. The highest BCUT2D eigenvalue weighted by molar-refractivity contribution is 7.22. The summed E-state index contributed by atoms with van der Waals surface area (Å²) in [5.74, 6) is 1.71. The molecule has 1 fully saturated rings. The van der Waals surface area contributed by atoms with Crippen LogP contribution < -0.4 is 10.1 Å². The molecule has 31 heavy (non-hydrogen) atoms. The Hall–Kier alpha value is -2.44. The lowest BCUT2D eigenvalue weighted by molar-refractivity contribution is -0.116. The van der Waals surface area contributed by atoms with Crippen LogP contribution in [0.25, 0.3) is 10.2 Å². The van der Waals surface area contributed by atoms with Crippen molar-refractivity contribution in [3.63, 3.8) is 0 Å². The summed E-state index contributed by atoms with van der Waals surface area (Å²) in [6, 6.07) is 14.4. The van der Waals surface area contributed by atoms with Crippen LogP contribution in [0.5, 0.6) is 5.75 Å². The lowest BCUT2D eigenvalue weighted by Gasteiger charge is -2.30. The quantitative estimate of drug-likeness (QED) is 0.464. The van der Waals surface area contributed by atoms with E-state index in [1.807, 2.05) is 31.2 Å². The van der Waals surface area contributed by atoms with Crippen molar-refractivity contribution in [3.05, 3.63) is 53.6 Å². The predicted octanol–water partition coefficient (Wildman–Crippen LogP) is 5.63. The van der Waals surface area contributed by atoms with Crippen LogP contribution in [0.4, 0.5) is 5.13 Å². The molecule has 3 aromatic rings. The molecule has 1 amide bonds. The van der Waals surface area contributed by atoms with Crippen LogP contribution in [0, 0.1) is 12.8 Å². The first-order chi connectivity index (χ1) is 15.1. The lowest BCUT2D eigenvalue weighted by Crippen LogP contribution is -2.32. The zero-order valence-corrected chi connectivity index (χ0v) is 19.2. The molecule has 164 valence electrons. The number of nitrogens with one attached hydrogen (secondary N) is 1. The fourth-order valence-electron chi connectivity index (χ4n) is 3.91. The molecule has 1 aliphatic heterocycles. The first-order valence-corrected chi connectivity index (χ1v) is 12.0. The van der Waals surface area contributed by atoms with Crippen molar-refractivity contribution in [2.45, 2.75) is 46.1 Å². The van der Waals surface area contributed by atoms with Crippen molar-refractivity contribution in [2.24, 2.45) is 5.92 Å². The number of carbonyl (C=O) groups excluding carboxylic acids is 1. The van der Waals surface area contributed by atoms with E-state index in [-0.39, 0.29) is 5.91 Å². The third-order valence-corrected chi connectivity index (χ3v) is 6.81. The molecule has 5 nitrogen and oxygen atoms in total. The monoisotopic (exact) mass is 437 g/mol. The highest BCUT2D eigenvalue weighted by Gasteiger charge is 2.16. The Morgan fingerprint density at radius 3 is 2.84 bits per heavy atom. The molecule has 0 atom stereocenters. The summed E-state index contributed by atoms with van der Waals surface area (Å²) in [5, 5.41) is 3.62. The van der Waals surface area contributed by atoms with Crippen molar-refractivity contribution in [1.82, 2.24) is 9.88 Å². The first-order valence-electron chi connectivity index (χ1n) is 11.2. The first kappa shape index (κ1) is 21.8. The third kappa shape index (κ3) is 6.05. The Balaban J connectivity index is 1.26. The summed E-state index contributed by atoms with van der Waals surface area (Å²) in [6.45, 7) is 8.23. The Labute approximate surface area is 188 Å². The molecule has 6 heteroatoms. The SMILES string of the molecule is Cc1ccccc1OCCCC(=O)Nc1nc2ccc(CN3CCC(C)CC3)cc2s1. The minimum absolute atomic E-state index is 0.0184. The summed E-state index contributed by atoms with van der Waals surface area (Å²) in [5.41, 5.74) is 3.37. The smallest absolute Gasteiger partial charge is 0.226 e. The molecule has 1 aliphatic rings. The highest BCUT2D eigenvalue weighted by atomic mass is 32.1. The van der Waals surface area contributed by atoms with E-state index in [1.54, 1.807) is 11.3 Å². The summed E-state index contributed by atoms with van der Waals surface area (Å²) in [4.78, 5) is 19.4. The van der Waals surface area contributed by atoms with E-state index >= 15 is 0 Å². The second-order valence-corrected chi connectivity index (χ2v) is 9.58. The number of hydrogen-bond donors (Lipinski definition) is 1. The van der Waals surface area contributed by atoms with Crippen LogP contribution in [0.1, 0.15) is 43.7 Å². The Morgan fingerprint density at radius 1 is 1.23 bits per heavy atom. The fourth-order valence-corrected chi connectivity index (χ4v) is 4.86. The van der Waals surface area contributed by atoms with E-state index in [0.717, 1.165) is 34.0 Å². The van der Waals surface area contributed by atoms with Crippen LogP contribution in [0.2, 0.25) is 0 Å². The Bertz CT molecular complexity index is 1020. The van der Waals surface area contributed by atoms with Gasteiger partial charge in [-0.15, -0.1) is 0 Å². The number of nitrogens with zero attached hydrogens (tertiary/aromatic N) is 2. The molecule has 0 aliphatic carbocycles. The number of fused-ring (bicyclic) bond motifs is 1. The van der Waals surface area contributed by atoms with Gasteiger partial charge >= 0.3 is 0 Å². The molecule has 1 aromatic heterocycles. The molecule has 2 aromatic carbocycles. The number of carbonyl (C=O) groups is 1. The maximum Gasteiger partial charge on any atom is 0.226 e. The normalized spacial score (nSPS) is 15.3. The van der Waals surface area contributed by atoms with Gasteiger partial charge in [-0.3, -0.25) is 9.69 Å². The number of likely N-dealkylation sites (tertiary alicyclic amines) is 1. The van der Waals surface area contributed by atoms with Gasteiger partial charge in [0.25, 0.3) is 0 Å². The number of aromatic nitrogens is 1. The summed E-state index contributed by atoms with van der Waals surface area (Å²) in [6.07, 6.45) is 3.66. The number of ether oxygens (including phenoxy) is 1. The standard InChI is InChI=1S/C25H31N3O2S/c1-18-11-13-28(14-12-18)17-20-9-10-21-23(16-20)31-25(26-21)27-24(29)8-5-15-30-22-7-4-3-6-19(22)2/h3-4,6-7,9-10,16,18H,5,8,11-15,17H2,1-2H3,(H,26,27,29). The van der Waals surface area contributed by atoms with E-state index in [4.69, 9.17) is 4.74 Å². The topological polar surface area (TPSA) is 54.5 Å². The van der Waals surface area contributed by atoms with E-state index in [0.29, 0.717) is 24.6 Å². The molecule has 0 bridgehead atoms. The number of benzene rings is 2. The van der Waals surface area contributed by atoms with Crippen LogP contribution in [-0.4, -0.2) is 35.5 Å². The average molecular weight is 438 g/mol. The molecular formula is C25H31N3O2S. The summed E-state index contributed by atoms with van der Waals surface area (Å²) >= 11 is 1.55. The van der Waals surface area contributed by atoms with Crippen molar-refractivity contribution in [3.8, 4) is 5.75 Å². The zero-order chi connectivity index (χ0) is 21.6. The Morgan fingerprint density at radius 2 is 2.03 bits per heavy atom. The largest absolute Gasteiger partial charge is 0.493 e. The lowest BCUT2D eigenvalue weighted by atomic mass is 9.99. The second-order valence-electron chi connectivity index (χ2n) is 8.55. The second kappa shape index (κ2) is 10.2. The minimum Gasteiger partial charge on any atom is -0.493 e. The van der Waals surface area contributed by atoms with Crippen LogP contribution in [0.3, 0.4) is 0 Å². The summed E-state index contributed by atoms with van der Waals surface area (Å²) in [7, 11) is 0. The van der Waals surface area contributed by atoms with Crippen molar-refractivity contribution in [1.29, 1.82) is 0 Å². The third-order valence-electron chi connectivity index (χ3n) is 5.88. The number of rotatable bonds is 8. The zero-order valence-electron chi connectivity index (χ0n) is 18.4. The van der Waals surface area contributed by atoms with Gasteiger partial charge in [0, 0.05) is 13.0 Å². The molecule has 0 spiro atoms. The molecule has 2 heterocycles. The minimum atomic E-state index is -0.0184. The van der Waals surface area contributed by atoms with Gasteiger partial charge in [-0.25, -0.2) is 4.98 Å². The molecule has 1 N–H and O–H groups in total. The predicted molar refractivity (Wildman–Crippen MR) is 128 cm³/mol. The average Bonchev–Trinajstić information content (AvgIpc) is 3.15. The molecular weight excluding hydrogens is 406 g/mol. The number of amides is 1. The number of aryl methyl sites for hydroxylation is 1. The van der Waals surface area contributed by atoms with Gasteiger partial charge in [0.1, 0.15) is 5.75 Å². The van der Waals surface area contributed by atoms with Gasteiger partial charge in [-0.2, -0.15) is 0 Å². The highest BCUT2D eigenvalue weighted by Crippen LogP contribution is 2.28. The van der Waals surface area contributed by atoms with Gasteiger partial charge in [-0.1, -0.05) is 42.5 Å². The van der Waals surface area contributed by atoms with Crippen LogP contribution in [0.15, 0.2) is 42.5 Å². The Kier molecular flexibility index (Phi) is 7.20. The molecule has 0 radical (unpaired) electrons. The van der Waals surface area contributed by atoms with E-state index in [1.165, 1.54) is 31.5 Å². The van der Waals surface area contributed by atoms with Gasteiger partial charge in [0.15, 0.2) is 5.13 Å². The van der Waals surface area contributed by atoms with E-state index < -0.39 is 0 Å². The van der Waals surface area contributed by atoms with Gasteiger partial charge in [-0.05, 0) is 74.5 Å². The van der Waals surface area contributed by atoms with Crippen molar-refractivity contribution in [2.75, 3.05) is 25.0 Å².